The van der Waals surface area contributed by atoms with Gasteiger partial charge in [-0.15, -0.1) is 0 Å². The summed E-state index contributed by atoms with van der Waals surface area (Å²) in [5.41, 5.74) is 1.40. The Bertz CT molecular complexity index is 636. The normalized spacial score (nSPS) is 14.3. The van der Waals surface area contributed by atoms with Gasteiger partial charge >= 0.3 is 0 Å². The lowest BCUT2D eigenvalue weighted by atomic mass is 10.2. The highest BCUT2D eigenvalue weighted by Gasteiger charge is 2.35. The molecule has 1 fully saturated rings. The molecular formula is C14H15FN4O. The van der Waals surface area contributed by atoms with Crippen LogP contribution in [0.25, 0.3) is 0 Å². The molecule has 1 aliphatic carbocycles. The molecule has 1 aromatic heterocycles. The van der Waals surface area contributed by atoms with Gasteiger partial charge in [0.15, 0.2) is 5.69 Å². The summed E-state index contributed by atoms with van der Waals surface area (Å²) >= 11 is 0. The molecule has 0 bridgehead atoms. The molecule has 104 valence electrons. The van der Waals surface area contributed by atoms with E-state index in [-0.39, 0.29) is 24.3 Å². The van der Waals surface area contributed by atoms with Gasteiger partial charge in [0.1, 0.15) is 5.82 Å². The number of amides is 1. The number of aryl methyl sites for hydroxylation is 1. The Morgan fingerprint density at radius 3 is 2.75 bits per heavy atom. The standard InChI is InChI=1S/C14H15FN4O/c1-9-13(17-18-16-9)14(20)19(11-6-7-11)8-10-4-2-3-5-12(10)15/h2-5,11H,6-8H2,1H3,(H,16,17,18). The molecule has 6 heteroatoms. The summed E-state index contributed by atoms with van der Waals surface area (Å²) in [4.78, 5) is 14.2. The molecule has 0 saturated heterocycles. The highest BCUT2D eigenvalue weighted by molar-refractivity contribution is 5.93. The monoisotopic (exact) mass is 274 g/mol. The zero-order valence-corrected chi connectivity index (χ0v) is 11.1. The summed E-state index contributed by atoms with van der Waals surface area (Å²) in [6.07, 6.45) is 1.91. The van der Waals surface area contributed by atoms with Crippen molar-refractivity contribution in [2.45, 2.75) is 32.4 Å². The molecule has 0 aliphatic heterocycles. The Balaban J connectivity index is 1.85. The van der Waals surface area contributed by atoms with Crippen LogP contribution in [0.15, 0.2) is 24.3 Å². The van der Waals surface area contributed by atoms with Crippen molar-refractivity contribution in [3.05, 3.63) is 47.0 Å². The molecule has 20 heavy (non-hydrogen) atoms. The zero-order valence-electron chi connectivity index (χ0n) is 11.1. The predicted molar refractivity (Wildman–Crippen MR) is 70.4 cm³/mol. The number of hydrogen-bond acceptors (Lipinski definition) is 3. The molecular weight excluding hydrogens is 259 g/mol. The summed E-state index contributed by atoms with van der Waals surface area (Å²) in [6, 6.07) is 6.71. The van der Waals surface area contributed by atoms with Crippen LogP contribution in [0.3, 0.4) is 0 Å². The first-order chi connectivity index (χ1) is 9.66. The van der Waals surface area contributed by atoms with Crippen LogP contribution in [0.1, 0.15) is 34.6 Å². The predicted octanol–water partition coefficient (Wildman–Crippen LogP) is 2.06. The number of aromatic nitrogens is 3. The third-order valence-corrected chi connectivity index (χ3v) is 3.47. The van der Waals surface area contributed by atoms with Crippen LogP contribution in [0.5, 0.6) is 0 Å². The summed E-state index contributed by atoms with van der Waals surface area (Å²) in [6.45, 7) is 1.99. The molecule has 1 aromatic carbocycles. The minimum Gasteiger partial charge on any atom is -0.330 e. The quantitative estimate of drug-likeness (QED) is 0.928. The van der Waals surface area contributed by atoms with E-state index >= 15 is 0 Å². The first-order valence-corrected chi connectivity index (χ1v) is 6.58. The van der Waals surface area contributed by atoms with Crippen molar-refractivity contribution in [3.63, 3.8) is 0 Å². The number of H-pyrrole nitrogens is 1. The lowest BCUT2D eigenvalue weighted by Gasteiger charge is -2.22. The summed E-state index contributed by atoms with van der Waals surface area (Å²) in [7, 11) is 0. The smallest absolute Gasteiger partial charge is 0.276 e. The van der Waals surface area contributed by atoms with Gasteiger partial charge in [0.2, 0.25) is 0 Å². The van der Waals surface area contributed by atoms with Gasteiger partial charge in [0.25, 0.3) is 5.91 Å². The molecule has 0 unspecified atom stereocenters. The van der Waals surface area contributed by atoms with Gasteiger partial charge in [-0.3, -0.25) is 4.79 Å². The van der Waals surface area contributed by atoms with Crippen LogP contribution in [-0.2, 0) is 6.54 Å². The Labute approximate surface area is 115 Å². The minimum absolute atomic E-state index is 0.179. The van der Waals surface area contributed by atoms with Crippen molar-refractivity contribution < 1.29 is 9.18 Å². The molecule has 5 nitrogen and oxygen atoms in total. The number of nitrogens with one attached hydrogen (secondary N) is 1. The van der Waals surface area contributed by atoms with E-state index in [4.69, 9.17) is 0 Å². The average molecular weight is 274 g/mol. The Hall–Kier alpha value is -2.24. The molecule has 1 heterocycles. The molecule has 1 amide bonds. The Morgan fingerprint density at radius 1 is 1.40 bits per heavy atom. The number of hydrogen-bond donors (Lipinski definition) is 1. The lowest BCUT2D eigenvalue weighted by Crippen LogP contribution is -2.33. The molecule has 0 radical (unpaired) electrons. The van der Waals surface area contributed by atoms with E-state index in [1.807, 2.05) is 0 Å². The Kier molecular flexibility index (Phi) is 3.22. The fourth-order valence-corrected chi connectivity index (χ4v) is 2.19. The first kappa shape index (κ1) is 12.8. The highest BCUT2D eigenvalue weighted by Crippen LogP contribution is 2.30. The SMILES string of the molecule is Cc1n[nH]nc1C(=O)N(Cc1ccccc1F)C1CC1. The number of carbonyl (C=O) groups excluding carboxylic acids is 1. The second kappa shape index (κ2) is 5.03. The van der Waals surface area contributed by atoms with Crippen molar-refractivity contribution in [2.24, 2.45) is 0 Å². The molecule has 1 aliphatic rings. The molecule has 0 atom stereocenters. The van der Waals surface area contributed by atoms with Crippen molar-refractivity contribution in [1.29, 1.82) is 0 Å². The van der Waals surface area contributed by atoms with Gasteiger partial charge in [0.05, 0.1) is 5.69 Å². The van der Waals surface area contributed by atoms with E-state index < -0.39 is 0 Å². The van der Waals surface area contributed by atoms with Crippen LogP contribution < -0.4 is 0 Å². The fourth-order valence-electron chi connectivity index (χ4n) is 2.19. The van der Waals surface area contributed by atoms with Crippen molar-refractivity contribution in [1.82, 2.24) is 20.3 Å². The highest BCUT2D eigenvalue weighted by atomic mass is 19.1. The number of halogens is 1. The van der Waals surface area contributed by atoms with Crippen LogP contribution in [0.4, 0.5) is 4.39 Å². The van der Waals surface area contributed by atoms with Crippen LogP contribution >= 0.6 is 0 Å². The lowest BCUT2D eigenvalue weighted by molar-refractivity contribution is 0.0721. The van der Waals surface area contributed by atoms with Gasteiger partial charge < -0.3 is 4.90 Å². The molecule has 3 rings (SSSR count). The van der Waals surface area contributed by atoms with E-state index in [2.05, 4.69) is 15.4 Å². The molecule has 0 spiro atoms. The molecule has 1 N–H and O–H groups in total. The number of aromatic amines is 1. The summed E-state index contributed by atoms with van der Waals surface area (Å²) < 4.78 is 13.7. The van der Waals surface area contributed by atoms with Gasteiger partial charge in [0, 0.05) is 18.2 Å². The zero-order chi connectivity index (χ0) is 14.1. The van der Waals surface area contributed by atoms with Crippen molar-refractivity contribution in [2.75, 3.05) is 0 Å². The maximum Gasteiger partial charge on any atom is 0.276 e. The first-order valence-electron chi connectivity index (χ1n) is 6.58. The summed E-state index contributed by atoms with van der Waals surface area (Å²) in [5.74, 6) is -0.482. The second-order valence-electron chi connectivity index (χ2n) is 5.01. The number of rotatable bonds is 4. The van der Waals surface area contributed by atoms with Gasteiger partial charge in [-0.25, -0.2) is 4.39 Å². The molecule has 2 aromatic rings. The van der Waals surface area contributed by atoms with Crippen molar-refractivity contribution >= 4 is 5.91 Å². The third kappa shape index (κ3) is 2.41. The topological polar surface area (TPSA) is 61.9 Å². The van der Waals surface area contributed by atoms with Gasteiger partial charge in [-0.1, -0.05) is 18.2 Å². The maximum atomic E-state index is 13.7. The average Bonchev–Trinajstić information content (AvgIpc) is 3.19. The third-order valence-electron chi connectivity index (χ3n) is 3.47. The fraction of sp³-hybridized carbons (Fsp3) is 0.357. The molecule has 1 saturated carbocycles. The number of benzene rings is 1. The van der Waals surface area contributed by atoms with Crippen LogP contribution in [-0.4, -0.2) is 32.3 Å². The van der Waals surface area contributed by atoms with E-state index in [0.717, 1.165) is 12.8 Å². The Morgan fingerprint density at radius 2 is 2.15 bits per heavy atom. The second-order valence-corrected chi connectivity index (χ2v) is 5.01. The van der Waals surface area contributed by atoms with Gasteiger partial charge in [-0.2, -0.15) is 15.4 Å². The van der Waals surface area contributed by atoms with Crippen LogP contribution in [0.2, 0.25) is 0 Å². The minimum atomic E-state index is -0.289. The number of carbonyl (C=O) groups is 1. The summed E-state index contributed by atoms with van der Waals surface area (Å²) in [5, 5.41) is 10.2. The van der Waals surface area contributed by atoms with Crippen molar-refractivity contribution in [3.8, 4) is 0 Å². The number of nitrogens with zero attached hydrogens (tertiary/aromatic N) is 3. The van der Waals surface area contributed by atoms with Gasteiger partial charge in [-0.05, 0) is 25.8 Å². The van der Waals surface area contributed by atoms with E-state index in [0.29, 0.717) is 17.0 Å². The maximum absolute atomic E-state index is 13.7. The largest absolute Gasteiger partial charge is 0.330 e. The van der Waals surface area contributed by atoms with Crippen LogP contribution in [0, 0.1) is 12.7 Å². The van der Waals surface area contributed by atoms with E-state index in [9.17, 15) is 9.18 Å². The van der Waals surface area contributed by atoms with E-state index in [1.54, 1.807) is 30.0 Å². The van der Waals surface area contributed by atoms with E-state index in [1.165, 1.54) is 6.07 Å².